The Bertz CT molecular complexity index is 480. The Hall–Kier alpha value is -1.69. The molecule has 0 radical (unpaired) electrons. The van der Waals surface area contributed by atoms with E-state index in [1.807, 2.05) is 0 Å². The first kappa shape index (κ1) is 12.8. The molecule has 1 aliphatic rings. The number of benzene rings is 1. The van der Waals surface area contributed by atoms with Gasteiger partial charge in [0.1, 0.15) is 11.9 Å². The van der Waals surface area contributed by atoms with Crippen LogP contribution < -0.4 is 0 Å². The number of nitrogens with zero attached hydrogens (tertiary/aromatic N) is 1. The number of hydrogen-bond acceptors (Lipinski definition) is 4. The van der Waals surface area contributed by atoms with Crippen molar-refractivity contribution in [2.75, 3.05) is 18.5 Å². The third kappa shape index (κ3) is 2.28. The van der Waals surface area contributed by atoms with E-state index < -0.39 is 5.97 Å². The van der Waals surface area contributed by atoms with Crippen molar-refractivity contribution in [2.45, 2.75) is 0 Å². The first-order valence-electron chi connectivity index (χ1n) is 5.32. The molecule has 6 heteroatoms. The van der Waals surface area contributed by atoms with Gasteiger partial charge in [0.05, 0.1) is 17.7 Å². The topological polar surface area (TPSA) is 63.7 Å². The van der Waals surface area contributed by atoms with Crippen LogP contribution in [0.2, 0.25) is 0 Å². The molecule has 1 aliphatic heterocycles. The number of carbonyl (C=O) groups excluding carboxylic acids is 3. The minimum Gasteiger partial charge on any atom is -0.463 e. The normalized spacial score (nSPS) is 13.7. The molecule has 0 saturated heterocycles. The van der Waals surface area contributed by atoms with Crippen LogP contribution in [0.3, 0.4) is 0 Å². The molecule has 0 aliphatic carbocycles. The predicted octanol–water partition coefficient (Wildman–Crippen LogP) is 1.22. The number of amides is 2. The average Bonchev–Trinajstić information content (AvgIpc) is 2.64. The molecule has 2 amide bonds. The number of fused-ring (bicyclic) bond motifs is 1. The molecule has 1 aromatic carbocycles. The van der Waals surface area contributed by atoms with Crippen LogP contribution in [0.25, 0.3) is 0 Å². The zero-order chi connectivity index (χ0) is 13.1. The maximum Gasteiger partial charge on any atom is 0.316 e. The second kappa shape index (κ2) is 5.30. The number of alkyl halides is 1. The second-order valence-electron chi connectivity index (χ2n) is 3.66. The highest BCUT2D eigenvalue weighted by Gasteiger charge is 2.34. The van der Waals surface area contributed by atoms with Crippen molar-refractivity contribution >= 4 is 33.7 Å². The summed E-state index contributed by atoms with van der Waals surface area (Å²) in [6.45, 7) is 0.0843. The van der Waals surface area contributed by atoms with Crippen LogP contribution in [0.4, 0.5) is 0 Å². The maximum absolute atomic E-state index is 11.9. The van der Waals surface area contributed by atoms with Gasteiger partial charge in [-0.3, -0.25) is 19.3 Å². The van der Waals surface area contributed by atoms with Crippen LogP contribution in [0.15, 0.2) is 24.3 Å². The molecular weight excluding hydrogens is 302 g/mol. The number of imide groups is 1. The highest BCUT2D eigenvalue weighted by Crippen LogP contribution is 2.21. The molecule has 0 spiro atoms. The SMILES string of the molecule is O=C(CBr)OCCN1C(=O)c2ccccc2C1=O. The van der Waals surface area contributed by atoms with Crippen LogP contribution >= 0.6 is 15.9 Å². The Labute approximate surface area is 112 Å². The van der Waals surface area contributed by atoms with Gasteiger partial charge in [-0.2, -0.15) is 0 Å². The van der Waals surface area contributed by atoms with Crippen LogP contribution in [-0.4, -0.2) is 41.2 Å². The first-order valence-corrected chi connectivity index (χ1v) is 6.44. The summed E-state index contributed by atoms with van der Waals surface area (Å²) >= 11 is 2.95. The number of ether oxygens (including phenoxy) is 1. The van der Waals surface area contributed by atoms with Gasteiger partial charge in [-0.25, -0.2) is 0 Å². The molecule has 0 unspecified atom stereocenters. The predicted molar refractivity (Wildman–Crippen MR) is 66.6 cm³/mol. The maximum atomic E-state index is 11.9. The molecule has 94 valence electrons. The van der Waals surface area contributed by atoms with Gasteiger partial charge in [0.25, 0.3) is 11.8 Å². The first-order chi connectivity index (χ1) is 8.65. The molecule has 0 atom stereocenters. The van der Waals surface area contributed by atoms with Crippen molar-refractivity contribution in [3.8, 4) is 0 Å². The Kier molecular flexibility index (Phi) is 3.76. The third-order valence-corrected chi connectivity index (χ3v) is 3.02. The lowest BCUT2D eigenvalue weighted by Crippen LogP contribution is -2.33. The molecule has 0 N–H and O–H groups in total. The van der Waals surface area contributed by atoms with Gasteiger partial charge in [-0.15, -0.1) is 0 Å². The van der Waals surface area contributed by atoms with Gasteiger partial charge in [0.2, 0.25) is 0 Å². The fourth-order valence-corrected chi connectivity index (χ4v) is 1.89. The number of carbonyl (C=O) groups is 3. The number of halogens is 1. The summed E-state index contributed by atoms with van der Waals surface area (Å²) in [5.41, 5.74) is 0.795. The van der Waals surface area contributed by atoms with Gasteiger partial charge in [0, 0.05) is 0 Å². The highest BCUT2D eigenvalue weighted by molar-refractivity contribution is 9.09. The summed E-state index contributed by atoms with van der Waals surface area (Å²) in [4.78, 5) is 35.8. The molecule has 0 aromatic heterocycles. The van der Waals surface area contributed by atoms with Crippen LogP contribution in [0.1, 0.15) is 20.7 Å². The fourth-order valence-electron chi connectivity index (χ4n) is 1.73. The summed E-state index contributed by atoms with van der Waals surface area (Å²) in [6, 6.07) is 6.64. The van der Waals surface area contributed by atoms with E-state index in [2.05, 4.69) is 15.9 Å². The Balaban J connectivity index is 2.03. The minimum atomic E-state index is -0.424. The fraction of sp³-hybridized carbons (Fsp3) is 0.250. The Morgan fingerprint density at radius 1 is 1.17 bits per heavy atom. The molecule has 1 heterocycles. The molecule has 0 fully saturated rings. The highest BCUT2D eigenvalue weighted by atomic mass is 79.9. The molecule has 0 bridgehead atoms. The zero-order valence-electron chi connectivity index (χ0n) is 9.39. The van der Waals surface area contributed by atoms with Crippen molar-refractivity contribution in [2.24, 2.45) is 0 Å². The van der Waals surface area contributed by atoms with Crippen LogP contribution in [0.5, 0.6) is 0 Å². The van der Waals surface area contributed by atoms with Gasteiger partial charge in [-0.05, 0) is 12.1 Å². The Morgan fingerprint density at radius 2 is 1.72 bits per heavy atom. The van der Waals surface area contributed by atoms with Gasteiger partial charge < -0.3 is 4.74 Å². The van der Waals surface area contributed by atoms with E-state index in [-0.39, 0.29) is 30.3 Å². The lowest BCUT2D eigenvalue weighted by atomic mass is 10.1. The van der Waals surface area contributed by atoms with E-state index in [0.717, 1.165) is 4.90 Å². The molecule has 1 aromatic rings. The van der Waals surface area contributed by atoms with E-state index in [4.69, 9.17) is 4.74 Å². The van der Waals surface area contributed by atoms with Crippen molar-refractivity contribution < 1.29 is 19.1 Å². The summed E-state index contributed by atoms with van der Waals surface area (Å²) in [5.74, 6) is -1.11. The number of rotatable bonds is 4. The molecule has 2 rings (SSSR count). The number of hydrogen-bond donors (Lipinski definition) is 0. The van der Waals surface area contributed by atoms with Gasteiger partial charge >= 0.3 is 5.97 Å². The van der Waals surface area contributed by atoms with Crippen LogP contribution in [-0.2, 0) is 9.53 Å². The van der Waals surface area contributed by atoms with Crippen molar-refractivity contribution in [3.63, 3.8) is 0 Å². The summed E-state index contributed by atoms with van der Waals surface area (Å²) in [6.07, 6.45) is 0. The molecule has 0 saturated carbocycles. The van der Waals surface area contributed by atoms with Gasteiger partial charge in [0.15, 0.2) is 0 Å². The monoisotopic (exact) mass is 311 g/mol. The second-order valence-corrected chi connectivity index (χ2v) is 4.22. The van der Waals surface area contributed by atoms with Crippen molar-refractivity contribution in [1.82, 2.24) is 4.90 Å². The largest absolute Gasteiger partial charge is 0.463 e. The summed E-state index contributed by atoms with van der Waals surface area (Å²) < 4.78 is 4.82. The lowest BCUT2D eigenvalue weighted by Gasteiger charge is -2.13. The lowest BCUT2D eigenvalue weighted by molar-refractivity contribution is -0.140. The average molecular weight is 312 g/mol. The summed E-state index contributed by atoms with van der Waals surface area (Å²) in [5, 5.41) is 0.0924. The van der Waals surface area contributed by atoms with E-state index in [9.17, 15) is 14.4 Å². The molecule has 5 nitrogen and oxygen atoms in total. The van der Waals surface area contributed by atoms with Crippen molar-refractivity contribution in [1.29, 1.82) is 0 Å². The van der Waals surface area contributed by atoms with E-state index in [0.29, 0.717) is 11.1 Å². The van der Waals surface area contributed by atoms with E-state index >= 15 is 0 Å². The minimum absolute atomic E-state index is 0.00982. The Morgan fingerprint density at radius 3 is 2.22 bits per heavy atom. The molecular formula is C12H10BrNO4. The third-order valence-electron chi connectivity index (χ3n) is 2.57. The number of esters is 1. The molecule has 18 heavy (non-hydrogen) atoms. The van der Waals surface area contributed by atoms with E-state index in [1.165, 1.54) is 0 Å². The smallest absolute Gasteiger partial charge is 0.316 e. The zero-order valence-corrected chi connectivity index (χ0v) is 11.0. The quantitative estimate of drug-likeness (QED) is 0.476. The summed E-state index contributed by atoms with van der Waals surface area (Å²) in [7, 11) is 0. The van der Waals surface area contributed by atoms with Crippen LogP contribution in [0, 0.1) is 0 Å². The van der Waals surface area contributed by atoms with Gasteiger partial charge in [-0.1, -0.05) is 28.1 Å². The van der Waals surface area contributed by atoms with E-state index in [1.54, 1.807) is 24.3 Å². The standard InChI is InChI=1S/C12H10BrNO4/c13-7-10(15)18-6-5-14-11(16)8-3-1-2-4-9(8)12(14)17/h1-4H,5-7H2. The van der Waals surface area contributed by atoms with Crippen molar-refractivity contribution in [3.05, 3.63) is 35.4 Å².